The minimum Gasteiger partial charge on any atom is -0.380 e. The highest BCUT2D eigenvalue weighted by molar-refractivity contribution is 5.99. The number of ketones is 1. The molecule has 0 radical (unpaired) electrons. The zero-order valence-electron chi connectivity index (χ0n) is 11.4. The van der Waals surface area contributed by atoms with E-state index in [1.807, 2.05) is 18.9 Å². The highest BCUT2D eigenvalue weighted by Gasteiger charge is 2.18. The van der Waals surface area contributed by atoms with Crippen LogP contribution in [0.5, 0.6) is 0 Å². The van der Waals surface area contributed by atoms with Crippen LogP contribution in [0.4, 0.5) is 11.4 Å². The molecule has 0 saturated heterocycles. The van der Waals surface area contributed by atoms with Crippen molar-refractivity contribution in [1.82, 2.24) is 0 Å². The number of Topliss-reactive ketones (excluding diaryl/α,β-unsaturated/α-hetero) is 1. The maximum absolute atomic E-state index is 11.5. The molecule has 0 aliphatic carbocycles. The minimum atomic E-state index is -0.541. The van der Waals surface area contributed by atoms with E-state index in [1.165, 1.54) is 13.0 Å². The molecule has 0 saturated carbocycles. The lowest BCUT2D eigenvalue weighted by Gasteiger charge is -2.19. The molecule has 0 aromatic heterocycles. The van der Waals surface area contributed by atoms with Crippen LogP contribution in [0, 0.1) is 10.1 Å². The van der Waals surface area contributed by atoms with E-state index in [1.54, 1.807) is 12.1 Å². The Balaban J connectivity index is 2.95. The first-order valence-corrected chi connectivity index (χ1v) is 6.05. The summed E-state index contributed by atoms with van der Waals surface area (Å²) in [4.78, 5) is 23.6. The van der Waals surface area contributed by atoms with Gasteiger partial charge in [0, 0.05) is 32.0 Å². The van der Waals surface area contributed by atoms with Gasteiger partial charge < -0.3 is 9.64 Å². The highest BCUT2D eigenvalue weighted by Crippen LogP contribution is 2.24. The van der Waals surface area contributed by atoms with Crippen molar-refractivity contribution in [2.45, 2.75) is 13.8 Å². The third-order valence-electron chi connectivity index (χ3n) is 2.77. The molecular formula is C13H18N2O4. The van der Waals surface area contributed by atoms with Gasteiger partial charge in [-0.15, -0.1) is 0 Å². The Morgan fingerprint density at radius 1 is 1.47 bits per heavy atom. The molecule has 19 heavy (non-hydrogen) atoms. The average molecular weight is 266 g/mol. The fourth-order valence-corrected chi connectivity index (χ4v) is 1.68. The van der Waals surface area contributed by atoms with Gasteiger partial charge in [-0.2, -0.15) is 0 Å². The van der Waals surface area contributed by atoms with Crippen molar-refractivity contribution < 1.29 is 14.5 Å². The minimum absolute atomic E-state index is 0.130. The molecule has 1 aromatic carbocycles. The first-order chi connectivity index (χ1) is 8.97. The first-order valence-electron chi connectivity index (χ1n) is 6.05. The molecule has 0 aliphatic rings. The Morgan fingerprint density at radius 2 is 2.16 bits per heavy atom. The summed E-state index contributed by atoms with van der Waals surface area (Å²) in [5.41, 5.74) is 0.732. The second-order valence-corrected chi connectivity index (χ2v) is 4.13. The molecule has 1 rings (SSSR count). The summed E-state index contributed by atoms with van der Waals surface area (Å²) >= 11 is 0. The predicted octanol–water partition coefficient (Wildman–Crippen LogP) is 2.27. The van der Waals surface area contributed by atoms with E-state index in [9.17, 15) is 14.9 Å². The van der Waals surface area contributed by atoms with Gasteiger partial charge in [-0.1, -0.05) is 0 Å². The highest BCUT2D eigenvalue weighted by atomic mass is 16.6. The van der Waals surface area contributed by atoms with Gasteiger partial charge in [0.2, 0.25) is 0 Å². The first kappa shape index (κ1) is 15.1. The van der Waals surface area contributed by atoms with Crippen molar-refractivity contribution in [3.8, 4) is 0 Å². The van der Waals surface area contributed by atoms with E-state index in [0.29, 0.717) is 19.8 Å². The van der Waals surface area contributed by atoms with Crippen LogP contribution in [-0.4, -0.2) is 37.5 Å². The third-order valence-corrected chi connectivity index (χ3v) is 2.77. The number of carbonyl (C=O) groups excluding carboxylic acids is 1. The number of hydrogen-bond acceptors (Lipinski definition) is 5. The average Bonchev–Trinajstić information content (AvgIpc) is 2.38. The number of nitro groups is 1. The molecular weight excluding hydrogens is 248 g/mol. The molecule has 104 valence electrons. The third kappa shape index (κ3) is 4.03. The second kappa shape index (κ2) is 6.84. The second-order valence-electron chi connectivity index (χ2n) is 4.13. The fourth-order valence-electron chi connectivity index (χ4n) is 1.68. The molecule has 0 unspecified atom stereocenters. The largest absolute Gasteiger partial charge is 0.380 e. The number of ether oxygens (including phenoxy) is 1. The molecule has 6 nitrogen and oxygen atoms in total. The smallest absolute Gasteiger partial charge is 0.280 e. The van der Waals surface area contributed by atoms with Gasteiger partial charge >= 0.3 is 0 Å². The van der Waals surface area contributed by atoms with Gasteiger partial charge in [-0.3, -0.25) is 14.9 Å². The molecule has 0 bridgehead atoms. The summed E-state index contributed by atoms with van der Waals surface area (Å²) in [6.07, 6.45) is 0. The zero-order valence-corrected chi connectivity index (χ0v) is 11.4. The van der Waals surface area contributed by atoms with Crippen molar-refractivity contribution in [2.24, 2.45) is 0 Å². The predicted molar refractivity (Wildman–Crippen MR) is 72.9 cm³/mol. The normalized spacial score (nSPS) is 10.3. The molecule has 1 aromatic rings. The van der Waals surface area contributed by atoms with Gasteiger partial charge in [0.05, 0.1) is 17.1 Å². The lowest BCUT2D eigenvalue weighted by Crippen LogP contribution is -2.22. The number of nitro benzene ring substituents is 1. The van der Waals surface area contributed by atoms with Gasteiger partial charge in [0.1, 0.15) is 0 Å². The molecule has 0 atom stereocenters. The molecule has 6 heteroatoms. The lowest BCUT2D eigenvalue weighted by molar-refractivity contribution is -0.385. The van der Waals surface area contributed by atoms with Crippen LogP contribution in [0.1, 0.15) is 24.2 Å². The van der Waals surface area contributed by atoms with Crippen molar-refractivity contribution in [1.29, 1.82) is 0 Å². The van der Waals surface area contributed by atoms with Crippen LogP contribution in [0.25, 0.3) is 0 Å². The summed E-state index contributed by atoms with van der Waals surface area (Å²) < 4.78 is 5.25. The van der Waals surface area contributed by atoms with Crippen LogP contribution in [-0.2, 0) is 4.74 Å². The van der Waals surface area contributed by atoms with E-state index < -0.39 is 4.92 Å². The Bertz CT molecular complexity index is 474. The Morgan fingerprint density at radius 3 is 2.68 bits per heavy atom. The van der Waals surface area contributed by atoms with E-state index >= 15 is 0 Å². The maximum Gasteiger partial charge on any atom is 0.280 e. The quantitative estimate of drug-likeness (QED) is 0.327. The standard InChI is InChI=1S/C13H18N2O4/c1-4-19-8-7-14(3)11-5-6-13(15(17)18)12(9-11)10(2)16/h5-6,9H,4,7-8H2,1-3H3. The van der Waals surface area contributed by atoms with Crippen LogP contribution in [0.2, 0.25) is 0 Å². The summed E-state index contributed by atoms with van der Waals surface area (Å²) in [6.45, 7) is 5.11. The van der Waals surface area contributed by atoms with Gasteiger partial charge in [0.25, 0.3) is 5.69 Å². The maximum atomic E-state index is 11.5. The van der Waals surface area contributed by atoms with Gasteiger partial charge in [-0.25, -0.2) is 0 Å². The van der Waals surface area contributed by atoms with E-state index in [2.05, 4.69) is 0 Å². The van der Waals surface area contributed by atoms with Crippen molar-refractivity contribution in [3.63, 3.8) is 0 Å². The molecule has 0 N–H and O–H groups in total. The number of rotatable bonds is 7. The van der Waals surface area contributed by atoms with Gasteiger partial charge in [0.15, 0.2) is 5.78 Å². The van der Waals surface area contributed by atoms with Gasteiger partial charge in [-0.05, 0) is 26.0 Å². The summed E-state index contributed by atoms with van der Waals surface area (Å²) in [5, 5.41) is 10.8. The summed E-state index contributed by atoms with van der Waals surface area (Å²) in [7, 11) is 1.85. The summed E-state index contributed by atoms with van der Waals surface area (Å²) in [6, 6.07) is 4.55. The van der Waals surface area contributed by atoms with Crippen LogP contribution in [0.3, 0.4) is 0 Å². The topological polar surface area (TPSA) is 72.7 Å². The van der Waals surface area contributed by atoms with Crippen molar-refractivity contribution >= 4 is 17.2 Å². The van der Waals surface area contributed by atoms with E-state index in [4.69, 9.17) is 4.74 Å². The van der Waals surface area contributed by atoms with Crippen LogP contribution < -0.4 is 4.90 Å². The van der Waals surface area contributed by atoms with Crippen LogP contribution in [0.15, 0.2) is 18.2 Å². The Hall–Kier alpha value is -1.95. The Labute approximate surface area is 112 Å². The molecule has 0 amide bonds. The van der Waals surface area contributed by atoms with Crippen LogP contribution >= 0.6 is 0 Å². The monoisotopic (exact) mass is 266 g/mol. The summed E-state index contributed by atoms with van der Waals surface area (Å²) in [5.74, 6) is -0.313. The number of anilines is 1. The van der Waals surface area contributed by atoms with Crippen molar-refractivity contribution in [2.75, 3.05) is 31.7 Å². The Kier molecular flexibility index (Phi) is 5.44. The number of nitrogens with zero attached hydrogens (tertiary/aromatic N) is 2. The molecule has 0 spiro atoms. The fraction of sp³-hybridized carbons (Fsp3) is 0.462. The zero-order chi connectivity index (χ0) is 14.4. The van der Waals surface area contributed by atoms with E-state index in [0.717, 1.165) is 5.69 Å². The number of benzene rings is 1. The number of likely N-dealkylation sites (N-methyl/N-ethyl adjacent to an activating group) is 1. The molecule has 0 aliphatic heterocycles. The molecule has 0 heterocycles. The molecule has 0 fully saturated rings. The SMILES string of the molecule is CCOCCN(C)c1ccc([N+](=O)[O-])c(C(C)=O)c1. The number of hydrogen-bond donors (Lipinski definition) is 0. The lowest BCUT2D eigenvalue weighted by atomic mass is 10.1. The van der Waals surface area contributed by atoms with E-state index in [-0.39, 0.29) is 17.0 Å². The number of carbonyl (C=O) groups is 1. The van der Waals surface area contributed by atoms with Crippen molar-refractivity contribution in [3.05, 3.63) is 33.9 Å².